The Morgan fingerprint density at radius 2 is 1.87 bits per heavy atom. The molecule has 10 heteroatoms. The topological polar surface area (TPSA) is 75.4 Å². The molecule has 1 aromatic heterocycles. The van der Waals surface area contributed by atoms with Crippen molar-refractivity contribution in [1.29, 1.82) is 0 Å². The predicted molar refractivity (Wildman–Crippen MR) is 180 cm³/mol. The van der Waals surface area contributed by atoms with Crippen LogP contribution in [-0.4, -0.2) is 78.9 Å². The Balaban J connectivity index is 1.14. The van der Waals surface area contributed by atoms with Crippen molar-refractivity contribution in [2.75, 3.05) is 55.7 Å². The highest BCUT2D eigenvalue weighted by atomic mass is 35.5. The molecular formula is C36H41ClN6O3. The van der Waals surface area contributed by atoms with Gasteiger partial charge in [0.1, 0.15) is 18.5 Å². The minimum Gasteiger partial charge on any atom is -0.461 e. The first-order valence-electron chi connectivity index (χ1n) is 16.6. The highest BCUT2D eigenvalue weighted by molar-refractivity contribution is 6.36. The maximum Gasteiger partial charge on any atom is 0.318 e. The Bertz CT molecular complexity index is 1640. The van der Waals surface area contributed by atoms with Gasteiger partial charge in [0.15, 0.2) is 0 Å². The van der Waals surface area contributed by atoms with Crippen LogP contribution in [0.3, 0.4) is 0 Å². The molecule has 0 radical (unpaired) electrons. The van der Waals surface area contributed by atoms with E-state index in [1.54, 1.807) is 4.90 Å². The smallest absolute Gasteiger partial charge is 0.318 e. The summed E-state index contributed by atoms with van der Waals surface area (Å²) in [5, 5.41) is 2.88. The molecule has 4 aliphatic rings. The van der Waals surface area contributed by atoms with Crippen molar-refractivity contribution < 1.29 is 14.3 Å². The summed E-state index contributed by atoms with van der Waals surface area (Å²) in [6, 6.07) is 12.4. The number of carbonyl (C=O) groups is 1. The Morgan fingerprint density at radius 1 is 1.07 bits per heavy atom. The van der Waals surface area contributed by atoms with Gasteiger partial charge < -0.3 is 29.0 Å². The number of anilines is 2. The molecule has 2 aliphatic carbocycles. The molecule has 1 saturated heterocycles. The van der Waals surface area contributed by atoms with E-state index in [0.717, 1.165) is 63.4 Å². The van der Waals surface area contributed by atoms with Gasteiger partial charge in [-0.2, -0.15) is 9.97 Å². The van der Waals surface area contributed by atoms with E-state index in [9.17, 15) is 4.79 Å². The molecule has 0 spiro atoms. The zero-order valence-electron chi connectivity index (χ0n) is 26.2. The molecule has 2 aliphatic heterocycles. The number of benzene rings is 2. The van der Waals surface area contributed by atoms with Crippen LogP contribution in [0.15, 0.2) is 49.1 Å². The minimum atomic E-state index is -0.246. The van der Waals surface area contributed by atoms with Crippen LogP contribution in [0.1, 0.15) is 43.4 Å². The second kappa shape index (κ2) is 13.5. The lowest BCUT2D eigenvalue weighted by Gasteiger charge is -2.41. The van der Waals surface area contributed by atoms with Crippen molar-refractivity contribution >= 4 is 39.8 Å². The number of carbonyl (C=O) groups excluding carboxylic acids is 1. The molecule has 3 fully saturated rings. The average Bonchev–Trinajstić information content (AvgIpc) is 3.68. The first kappa shape index (κ1) is 30.8. The zero-order valence-corrected chi connectivity index (χ0v) is 27.0. The van der Waals surface area contributed by atoms with Gasteiger partial charge in [-0.1, -0.05) is 61.7 Å². The van der Waals surface area contributed by atoms with Crippen LogP contribution in [0.5, 0.6) is 6.01 Å². The van der Waals surface area contributed by atoms with E-state index < -0.39 is 0 Å². The van der Waals surface area contributed by atoms with Gasteiger partial charge in [-0.15, -0.1) is 0 Å². The van der Waals surface area contributed by atoms with Gasteiger partial charge in [0.2, 0.25) is 12.5 Å². The number of ether oxygens (including phenoxy) is 2. The summed E-state index contributed by atoms with van der Waals surface area (Å²) in [7, 11) is 0. The molecule has 1 amide bonds. The summed E-state index contributed by atoms with van der Waals surface area (Å²) in [4.78, 5) is 32.4. The summed E-state index contributed by atoms with van der Waals surface area (Å²) in [5.41, 5.74) is 3.10. The lowest BCUT2D eigenvalue weighted by Crippen LogP contribution is -2.56. The van der Waals surface area contributed by atoms with Crippen molar-refractivity contribution in [2.45, 2.75) is 57.2 Å². The highest BCUT2D eigenvalue weighted by Gasteiger charge is 2.38. The van der Waals surface area contributed by atoms with E-state index in [2.05, 4.69) is 45.5 Å². The van der Waals surface area contributed by atoms with E-state index in [4.69, 9.17) is 37.6 Å². The normalized spacial score (nSPS) is 24.0. The number of amides is 1. The molecule has 0 bridgehead atoms. The maximum absolute atomic E-state index is 12.6. The predicted octanol–water partition coefficient (Wildman–Crippen LogP) is 5.94. The number of aromatic nitrogens is 2. The Morgan fingerprint density at radius 3 is 2.65 bits per heavy atom. The number of fused-ring (bicyclic) bond motifs is 3. The monoisotopic (exact) mass is 640 g/mol. The van der Waals surface area contributed by atoms with Gasteiger partial charge in [-0.3, -0.25) is 4.79 Å². The molecular weight excluding hydrogens is 600 g/mol. The van der Waals surface area contributed by atoms with E-state index in [1.165, 1.54) is 38.2 Å². The Labute approximate surface area is 275 Å². The number of hydrogen-bond donors (Lipinski definition) is 0. The second-order valence-corrected chi connectivity index (χ2v) is 13.4. The number of rotatable bonds is 9. The molecule has 46 heavy (non-hydrogen) atoms. The van der Waals surface area contributed by atoms with Gasteiger partial charge in [0.25, 0.3) is 0 Å². The van der Waals surface area contributed by atoms with Crippen molar-refractivity contribution in [1.82, 2.24) is 14.9 Å². The van der Waals surface area contributed by atoms with Crippen LogP contribution in [-0.2, 0) is 22.5 Å². The molecule has 2 unspecified atom stereocenters. The SMILES string of the molecule is [C-]#[N+]C[C@H]1CN(c2nc(OCCOC3CC4CCCC4C3)nc3c2CCN(c2cccc4cccc(Cl)c24)C3)CCN1C(=O)C=C. The third-order valence-electron chi connectivity index (χ3n) is 10.4. The van der Waals surface area contributed by atoms with Crippen LogP contribution in [0.2, 0.25) is 5.02 Å². The highest BCUT2D eigenvalue weighted by Crippen LogP contribution is 2.45. The van der Waals surface area contributed by atoms with Crippen molar-refractivity contribution in [3.05, 3.63) is 76.8 Å². The quantitative estimate of drug-likeness (QED) is 0.163. The summed E-state index contributed by atoms with van der Waals surface area (Å²) < 4.78 is 12.4. The molecule has 3 atom stereocenters. The van der Waals surface area contributed by atoms with Crippen LogP contribution < -0.4 is 14.5 Å². The third kappa shape index (κ3) is 6.13. The summed E-state index contributed by atoms with van der Waals surface area (Å²) in [5.74, 6) is 2.37. The summed E-state index contributed by atoms with van der Waals surface area (Å²) in [6.07, 6.45) is 8.82. The van der Waals surface area contributed by atoms with E-state index >= 15 is 0 Å². The van der Waals surface area contributed by atoms with E-state index in [-0.39, 0.29) is 18.5 Å². The lowest BCUT2D eigenvalue weighted by molar-refractivity contribution is -0.128. The van der Waals surface area contributed by atoms with Crippen LogP contribution in [0.4, 0.5) is 11.5 Å². The van der Waals surface area contributed by atoms with Crippen LogP contribution in [0, 0.1) is 18.4 Å². The largest absolute Gasteiger partial charge is 0.461 e. The minimum absolute atomic E-state index is 0.141. The Hall–Kier alpha value is -3.87. The molecule has 3 aromatic rings. The van der Waals surface area contributed by atoms with Gasteiger partial charge in [-0.05, 0) is 54.7 Å². The average molecular weight is 641 g/mol. The van der Waals surface area contributed by atoms with Crippen molar-refractivity contribution in [2.24, 2.45) is 11.8 Å². The maximum atomic E-state index is 12.6. The number of nitrogens with zero attached hydrogens (tertiary/aromatic N) is 6. The van der Waals surface area contributed by atoms with Gasteiger partial charge in [-0.25, -0.2) is 6.57 Å². The molecule has 2 aromatic carbocycles. The summed E-state index contributed by atoms with van der Waals surface area (Å²) in [6.45, 7) is 15.3. The molecule has 2 saturated carbocycles. The van der Waals surface area contributed by atoms with Gasteiger partial charge in [0, 0.05) is 42.8 Å². The molecule has 240 valence electrons. The fourth-order valence-electron chi connectivity index (χ4n) is 8.17. The van der Waals surface area contributed by atoms with Crippen LogP contribution in [0.25, 0.3) is 15.6 Å². The molecule has 0 N–H and O–H groups in total. The zero-order chi connectivity index (χ0) is 31.6. The van der Waals surface area contributed by atoms with Crippen molar-refractivity contribution in [3.8, 4) is 6.01 Å². The third-order valence-corrected chi connectivity index (χ3v) is 10.7. The fraction of sp³-hybridized carbons (Fsp3) is 0.500. The van der Waals surface area contributed by atoms with Crippen LogP contribution >= 0.6 is 11.6 Å². The Kier molecular flexibility index (Phi) is 9.01. The first-order valence-corrected chi connectivity index (χ1v) is 17.0. The van der Waals surface area contributed by atoms with Gasteiger partial charge >= 0.3 is 6.01 Å². The molecule has 9 nitrogen and oxygen atoms in total. The number of halogens is 1. The second-order valence-electron chi connectivity index (χ2n) is 13.0. The van der Waals surface area contributed by atoms with E-state index in [1.807, 2.05) is 12.1 Å². The van der Waals surface area contributed by atoms with Crippen molar-refractivity contribution in [3.63, 3.8) is 0 Å². The molecule has 3 heterocycles. The van der Waals surface area contributed by atoms with E-state index in [0.29, 0.717) is 51.5 Å². The molecule has 7 rings (SSSR count). The number of piperazine rings is 1. The summed E-state index contributed by atoms with van der Waals surface area (Å²) >= 11 is 6.72. The standard InChI is InChI=1S/C36H41ClN6O3/c1-3-33(44)43-16-15-42(22-27(43)21-38-2)35-29-13-14-41(32-12-6-8-24-7-5-11-30(37)34(24)32)23-31(29)39-36(40-35)46-18-17-45-28-19-25-9-4-10-26(25)20-28/h3,5-8,11-12,25-28H,1,4,9-10,13-23H2/t25?,26?,27-,28?/m0/s1. The fourth-order valence-corrected chi connectivity index (χ4v) is 8.44. The lowest BCUT2D eigenvalue weighted by atomic mass is 10.0. The first-order chi connectivity index (χ1) is 22.5. The van der Waals surface area contributed by atoms with Gasteiger partial charge in [0.05, 0.1) is 30.0 Å². The number of hydrogen-bond acceptors (Lipinski definition) is 7.